The zero-order chi connectivity index (χ0) is 12.8. The van der Waals surface area contributed by atoms with Gasteiger partial charge in [0.1, 0.15) is 11.4 Å². The first-order valence-electron chi connectivity index (χ1n) is 5.85. The number of nitrogens with zero attached hydrogens (tertiary/aromatic N) is 1. The van der Waals surface area contributed by atoms with Crippen molar-refractivity contribution in [1.29, 1.82) is 0 Å². The van der Waals surface area contributed by atoms with Gasteiger partial charge in [-0.2, -0.15) is 0 Å². The fourth-order valence-corrected chi connectivity index (χ4v) is 1.77. The summed E-state index contributed by atoms with van der Waals surface area (Å²) < 4.78 is 0. The van der Waals surface area contributed by atoms with Crippen LogP contribution in [0, 0.1) is 10.1 Å². The Hall–Kier alpha value is -1.78. The van der Waals surface area contributed by atoms with Gasteiger partial charge in [0.2, 0.25) is 0 Å². The Morgan fingerprint density at radius 3 is 2.35 bits per heavy atom. The highest BCUT2D eigenvalue weighted by Crippen LogP contribution is 2.33. The van der Waals surface area contributed by atoms with Crippen LogP contribution in [0.15, 0.2) is 18.2 Å². The molecule has 0 radical (unpaired) electrons. The molecule has 0 aliphatic heterocycles. The van der Waals surface area contributed by atoms with E-state index in [0.717, 1.165) is 12.8 Å². The van der Waals surface area contributed by atoms with Crippen LogP contribution in [-0.2, 0) is 0 Å². The number of nitro benzene ring substituents is 1. The van der Waals surface area contributed by atoms with Gasteiger partial charge in [-0.15, -0.1) is 0 Å². The normalized spacial score (nSPS) is 10.4. The highest BCUT2D eigenvalue weighted by atomic mass is 16.6. The van der Waals surface area contributed by atoms with E-state index >= 15 is 0 Å². The van der Waals surface area contributed by atoms with Crippen molar-refractivity contribution in [1.82, 2.24) is 0 Å². The number of para-hydroxylation sites is 1. The molecule has 5 heteroatoms. The Labute approximate surface area is 101 Å². The maximum atomic E-state index is 11.1. The van der Waals surface area contributed by atoms with Gasteiger partial charge >= 0.3 is 5.69 Å². The van der Waals surface area contributed by atoms with E-state index in [1.807, 2.05) is 6.07 Å². The van der Waals surface area contributed by atoms with Crippen LogP contribution in [0.2, 0.25) is 0 Å². The van der Waals surface area contributed by atoms with Crippen LogP contribution >= 0.6 is 0 Å². The molecular weight excluding hydrogens is 218 g/mol. The third kappa shape index (κ3) is 3.09. The molecule has 0 amide bonds. The van der Waals surface area contributed by atoms with Crippen molar-refractivity contribution in [3.05, 3.63) is 28.3 Å². The van der Waals surface area contributed by atoms with E-state index in [1.54, 1.807) is 19.2 Å². The summed E-state index contributed by atoms with van der Waals surface area (Å²) in [6, 6.07) is 5.53. The van der Waals surface area contributed by atoms with E-state index in [0.29, 0.717) is 11.4 Å². The fraction of sp³-hybridized carbons (Fsp3) is 0.500. The van der Waals surface area contributed by atoms with Crippen molar-refractivity contribution in [2.24, 2.45) is 0 Å². The molecule has 0 aromatic heterocycles. The summed E-state index contributed by atoms with van der Waals surface area (Å²) in [4.78, 5) is 10.7. The Bertz CT molecular complexity index is 389. The van der Waals surface area contributed by atoms with Crippen molar-refractivity contribution < 1.29 is 4.92 Å². The Morgan fingerprint density at radius 2 is 1.88 bits per heavy atom. The molecule has 0 atom stereocenters. The van der Waals surface area contributed by atoms with Crippen LogP contribution < -0.4 is 10.6 Å². The van der Waals surface area contributed by atoms with Gasteiger partial charge in [0.25, 0.3) is 0 Å². The summed E-state index contributed by atoms with van der Waals surface area (Å²) in [5.74, 6) is 0. The molecule has 0 fully saturated rings. The molecule has 0 heterocycles. The predicted molar refractivity (Wildman–Crippen MR) is 70.6 cm³/mol. The Morgan fingerprint density at radius 1 is 1.29 bits per heavy atom. The average Bonchev–Trinajstić information content (AvgIpc) is 2.34. The average molecular weight is 237 g/mol. The smallest absolute Gasteiger partial charge is 0.315 e. The topological polar surface area (TPSA) is 67.2 Å². The minimum Gasteiger partial charge on any atom is -0.382 e. The van der Waals surface area contributed by atoms with E-state index in [1.165, 1.54) is 0 Å². The quantitative estimate of drug-likeness (QED) is 0.588. The van der Waals surface area contributed by atoms with Crippen LogP contribution in [0.5, 0.6) is 0 Å². The fourth-order valence-electron chi connectivity index (χ4n) is 1.77. The number of benzene rings is 1. The molecule has 0 aliphatic rings. The zero-order valence-corrected chi connectivity index (χ0v) is 10.5. The van der Waals surface area contributed by atoms with Gasteiger partial charge in [0.05, 0.1) is 4.92 Å². The third-order valence-electron chi connectivity index (χ3n) is 2.83. The lowest BCUT2D eigenvalue weighted by molar-refractivity contribution is -0.383. The van der Waals surface area contributed by atoms with Crippen molar-refractivity contribution in [3.63, 3.8) is 0 Å². The number of hydrogen-bond acceptors (Lipinski definition) is 4. The van der Waals surface area contributed by atoms with Crippen LogP contribution in [0.25, 0.3) is 0 Å². The molecule has 1 aromatic rings. The maximum Gasteiger partial charge on any atom is 0.315 e. The first-order valence-corrected chi connectivity index (χ1v) is 5.85. The summed E-state index contributed by atoms with van der Waals surface area (Å²) in [5, 5.41) is 17.2. The minimum absolute atomic E-state index is 0.113. The zero-order valence-electron chi connectivity index (χ0n) is 10.5. The molecule has 5 nitrogen and oxygen atoms in total. The Balaban J connectivity index is 3.09. The molecule has 2 N–H and O–H groups in total. The van der Waals surface area contributed by atoms with E-state index in [9.17, 15) is 10.1 Å². The molecule has 1 aromatic carbocycles. The third-order valence-corrected chi connectivity index (χ3v) is 2.83. The molecule has 0 spiro atoms. The van der Waals surface area contributed by atoms with Gasteiger partial charge in [-0.3, -0.25) is 10.1 Å². The number of hydrogen-bond donors (Lipinski definition) is 2. The molecule has 17 heavy (non-hydrogen) atoms. The molecule has 0 aliphatic carbocycles. The number of nitro groups is 1. The van der Waals surface area contributed by atoms with Crippen molar-refractivity contribution in [2.45, 2.75) is 32.7 Å². The first kappa shape index (κ1) is 13.3. The second-order valence-corrected chi connectivity index (χ2v) is 3.87. The molecule has 0 saturated carbocycles. The number of nitrogens with one attached hydrogen (secondary N) is 2. The van der Waals surface area contributed by atoms with Gasteiger partial charge in [-0.1, -0.05) is 19.9 Å². The van der Waals surface area contributed by atoms with E-state index < -0.39 is 0 Å². The molecule has 0 saturated heterocycles. The van der Waals surface area contributed by atoms with Crippen LogP contribution in [0.4, 0.5) is 17.1 Å². The Kier molecular flexibility index (Phi) is 4.75. The van der Waals surface area contributed by atoms with E-state index in [4.69, 9.17) is 0 Å². The van der Waals surface area contributed by atoms with Crippen molar-refractivity contribution >= 4 is 17.1 Å². The second kappa shape index (κ2) is 6.08. The van der Waals surface area contributed by atoms with Gasteiger partial charge in [-0.25, -0.2) is 0 Å². The van der Waals surface area contributed by atoms with Crippen LogP contribution in [0.3, 0.4) is 0 Å². The lowest BCUT2D eigenvalue weighted by atomic mass is 10.1. The molecule has 1 rings (SSSR count). The minimum atomic E-state index is -0.351. The van der Waals surface area contributed by atoms with E-state index in [-0.39, 0.29) is 16.7 Å². The van der Waals surface area contributed by atoms with E-state index in [2.05, 4.69) is 24.5 Å². The van der Waals surface area contributed by atoms with Crippen LogP contribution in [-0.4, -0.2) is 18.0 Å². The molecule has 0 bridgehead atoms. The van der Waals surface area contributed by atoms with Gasteiger partial charge in [0.15, 0.2) is 0 Å². The highest BCUT2D eigenvalue weighted by molar-refractivity contribution is 5.76. The molecular formula is C12H19N3O2. The first-order chi connectivity index (χ1) is 8.13. The summed E-state index contributed by atoms with van der Waals surface area (Å²) in [5.41, 5.74) is 1.23. The summed E-state index contributed by atoms with van der Waals surface area (Å²) in [6.07, 6.45) is 1.88. The predicted octanol–water partition coefficient (Wildman–Crippen LogP) is 3.24. The maximum absolute atomic E-state index is 11.1. The summed E-state index contributed by atoms with van der Waals surface area (Å²) in [7, 11) is 1.68. The summed E-state index contributed by atoms with van der Waals surface area (Å²) >= 11 is 0. The summed E-state index contributed by atoms with van der Waals surface area (Å²) in [6.45, 7) is 4.13. The van der Waals surface area contributed by atoms with Crippen molar-refractivity contribution in [3.8, 4) is 0 Å². The van der Waals surface area contributed by atoms with Gasteiger partial charge in [0, 0.05) is 13.1 Å². The second-order valence-electron chi connectivity index (χ2n) is 3.87. The van der Waals surface area contributed by atoms with Gasteiger partial charge in [-0.05, 0) is 25.0 Å². The number of anilines is 2. The standard InChI is InChI=1S/C12H19N3O2/c1-4-9(5-2)14-11-8-6-7-10(13-3)12(11)15(16)17/h6-9,13-14H,4-5H2,1-3H3. The molecule has 94 valence electrons. The highest BCUT2D eigenvalue weighted by Gasteiger charge is 2.19. The SMILES string of the molecule is CCC(CC)Nc1cccc(NC)c1[N+](=O)[O-]. The van der Waals surface area contributed by atoms with Gasteiger partial charge < -0.3 is 10.6 Å². The van der Waals surface area contributed by atoms with Crippen molar-refractivity contribution in [2.75, 3.05) is 17.7 Å². The molecule has 0 unspecified atom stereocenters. The van der Waals surface area contributed by atoms with Crippen LogP contribution in [0.1, 0.15) is 26.7 Å². The monoisotopic (exact) mass is 237 g/mol. The largest absolute Gasteiger partial charge is 0.382 e. The lowest BCUT2D eigenvalue weighted by Gasteiger charge is -2.17. The lowest BCUT2D eigenvalue weighted by Crippen LogP contribution is -2.18. The number of rotatable bonds is 6.